The van der Waals surface area contributed by atoms with Crippen LogP contribution >= 0.6 is 0 Å². The average molecular weight is 253 g/mol. The first-order valence-electron chi connectivity index (χ1n) is 6.11. The van der Waals surface area contributed by atoms with Crippen LogP contribution in [0.5, 0.6) is 0 Å². The topological polar surface area (TPSA) is 93.4 Å². The fourth-order valence-corrected chi connectivity index (χ4v) is 2.33. The zero-order valence-corrected chi connectivity index (χ0v) is 10.6. The van der Waals surface area contributed by atoms with Gasteiger partial charge in [-0.3, -0.25) is 4.79 Å². The molecule has 0 atom stereocenters. The molecule has 1 aliphatic carbocycles. The number of carbonyl (C=O) groups excluding carboxylic acids is 1. The highest BCUT2D eigenvalue weighted by Gasteiger charge is 2.37. The largest absolute Gasteiger partial charge is 0.481 e. The van der Waals surface area contributed by atoms with Crippen molar-refractivity contribution in [3.63, 3.8) is 0 Å². The van der Waals surface area contributed by atoms with Crippen molar-refractivity contribution in [1.29, 1.82) is 5.26 Å². The maximum absolute atomic E-state index is 11.9. The lowest BCUT2D eigenvalue weighted by Gasteiger charge is -2.31. The molecule has 1 fully saturated rings. The highest BCUT2D eigenvalue weighted by Crippen LogP contribution is 2.32. The molecule has 0 aromatic carbocycles. The van der Waals surface area contributed by atoms with E-state index in [2.05, 4.69) is 5.32 Å². The molecule has 2 amide bonds. The number of nitrogens with one attached hydrogen (secondary N) is 1. The summed E-state index contributed by atoms with van der Waals surface area (Å²) in [6.45, 7) is 0.353. The number of aliphatic carboxylic acids is 1. The first-order chi connectivity index (χ1) is 8.49. The van der Waals surface area contributed by atoms with E-state index in [1.54, 1.807) is 7.05 Å². The van der Waals surface area contributed by atoms with Crippen LogP contribution in [-0.4, -0.2) is 41.1 Å². The third-order valence-corrected chi connectivity index (χ3v) is 3.33. The highest BCUT2D eigenvalue weighted by molar-refractivity contribution is 5.76. The van der Waals surface area contributed by atoms with Gasteiger partial charge in [0, 0.05) is 13.6 Å². The van der Waals surface area contributed by atoms with Crippen molar-refractivity contribution in [3.8, 4) is 6.07 Å². The van der Waals surface area contributed by atoms with Gasteiger partial charge >= 0.3 is 12.0 Å². The normalized spacial score (nSPS) is 16.9. The zero-order chi connectivity index (χ0) is 13.6. The van der Waals surface area contributed by atoms with Crippen LogP contribution in [0, 0.1) is 11.3 Å². The van der Waals surface area contributed by atoms with Crippen LogP contribution in [-0.2, 0) is 4.79 Å². The Hall–Kier alpha value is -1.77. The second-order valence-corrected chi connectivity index (χ2v) is 4.82. The number of carboxylic acids is 1. The van der Waals surface area contributed by atoms with Gasteiger partial charge in [0.2, 0.25) is 0 Å². The molecular weight excluding hydrogens is 234 g/mol. The second-order valence-electron chi connectivity index (χ2n) is 4.82. The first-order valence-corrected chi connectivity index (χ1v) is 6.11. The van der Waals surface area contributed by atoms with E-state index in [1.165, 1.54) is 4.90 Å². The number of urea groups is 1. The molecule has 0 bridgehead atoms. The Morgan fingerprint density at radius 1 is 1.44 bits per heavy atom. The Morgan fingerprint density at radius 2 is 2.06 bits per heavy atom. The van der Waals surface area contributed by atoms with Gasteiger partial charge in [-0.25, -0.2) is 4.79 Å². The van der Waals surface area contributed by atoms with E-state index in [1.807, 2.05) is 6.07 Å². The number of hydrogen-bond acceptors (Lipinski definition) is 3. The van der Waals surface area contributed by atoms with Crippen LogP contribution in [0.4, 0.5) is 4.79 Å². The molecule has 0 aliphatic heterocycles. The lowest BCUT2D eigenvalue weighted by atomic mass is 9.93. The van der Waals surface area contributed by atoms with Gasteiger partial charge in [-0.05, 0) is 12.8 Å². The van der Waals surface area contributed by atoms with E-state index in [0.717, 1.165) is 12.8 Å². The van der Waals surface area contributed by atoms with Crippen molar-refractivity contribution >= 4 is 12.0 Å². The van der Waals surface area contributed by atoms with Gasteiger partial charge in [-0.15, -0.1) is 0 Å². The molecule has 2 N–H and O–H groups in total. The summed E-state index contributed by atoms with van der Waals surface area (Å²) in [4.78, 5) is 24.2. The van der Waals surface area contributed by atoms with Gasteiger partial charge in [0.25, 0.3) is 0 Å². The van der Waals surface area contributed by atoms with Gasteiger partial charge in [-0.1, -0.05) is 12.8 Å². The standard InChI is InChI=1S/C12H19N3O3/c1-15(8-4-7-13)11(18)14-12(9-10(16)17)5-2-3-6-12/h2-6,8-9H2,1H3,(H,14,18)(H,16,17). The van der Waals surface area contributed by atoms with E-state index in [0.29, 0.717) is 19.4 Å². The fraction of sp³-hybridized carbons (Fsp3) is 0.750. The molecule has 0 saturated heterocycles. The van der Waals surface area contributed by atoms with Crippen LogP contribution in [0.3, 0.4) is 0 Å². The molecule has 0 unspecified atom stereocenters. The summed E-state index contributed by atoms with van der Waals surface area (Å²) >= 11 is 0. The van der Waals surface area contributed by atoms with E-state index >= 15 is 0 Å². The van der Waals surface area contributed by atoms with Gasteiger partial charge in [-0.2, -0.15) is 5.26 Å². The summed E-state index contributed by atoms with van der Waals surface area (Å²) < 4.78 is 0. The molecule has 0 aromatic heterocycles. The smallest absolute Gasteiger partial charge is 0.317 e. The lowest BCUT2D eigenvalue weighted by Crippen LogP contribution is -2.52. The number of rotatable bonds is 5. The molecule has 1 rings (SSSR count). The molecular formula is C12H19N3O3. The first kappa shape index (κ1) is 14.3. The van der Waals surface area contributed by atoms with Crippen LogP contribution in [0.15, 0.2) is 0 Å². The predicted octanol–water partition coefficient (Wildman–Crippen LogP) is 1.33. The summed E-state index contributed by atoms with van der Waals surface area (Å²) in [6, 6.07) is 1.68. The van der Waals surface area contributed by atoms with Crippen LogP contribution in [0.1, 0.15) is 38.5 Å². The Morgan fingerprint density at radius 3 is 2.56 bits per heavy atom. The Kier molecular flexibility index (Phi) is 4.95. The van der Waals surface area contributed by atoms with Crippen LogP contribution in [0.2, 0.25) is 0 Å². The van der Waals surface area contributed by atoms with Crippen molar-refractivity contribution in [2.24, 2.45) is 0 Å². The molecule has 6 heteroatoms. The van der Waals surface area contributed by atoms with Crippen molar-refractivity contribution in [1.82, 2.24) is 10.2 Å². The molecule has 0 aromatic rings. The third kappa shape index (κ3) is 3.91. The molecule has 6 nitrogen and oxygen atoms in total. The molecule has 0 radical (unpaired) electrons. The van der Waals surface area contributed by atoms with Crippen molar-refractivity contribution in [2.75, 3.05) is 13.6 Å². The Labute approximate surface area is 107 Å². The third-order valence-electron chi connectivity index (χ3n) is 3.33. The molecule has 18 heavy (non-hydrogen) atoms. The summed E-state index contributed by atoms with van der Waals surface area (Å²) in [7, 11) is 1.61. The summed E-state index contributed by atoms with van der Waals surface area (Å²) in [5.74, 6) is -0.892. The minimum atomic E-state index is -0.892. The van der Waals surface area contributed by atoms with Crippen molar-refractivity contribution in [3.05, 3.63) is 0 Å². The predicted molar refractivity (Wildman–Crippen MR) is 64.8 cm³/mol. The monoisotopic (exact) mass is 253 g/mol. The highest BCUT2D eigenvalue weighted by atomic mass is 16.4. The molecule has 1 saturated carbocycles. The van der Waals surface area contributed by atoms with E-state index in [9.17, 15) is 9.59 Å². The number of hydrogen-bond donors (Lipinski definition) is 2. The summed E-state index contributed by atoms with van der Waals surface area (Å²) in [5, 5.41) is 20.2. The van der Waals surface area contributed by atoms with Gasteiger partial charge < -0.3 is 15.3 Å². The summed E-state index contributed by atoms with van der Waals surface area (Å²) in [5.41, 5.74) is -0.607. The molecule has 1 aliphatic rings. The zero-order valence-electron chi connectivity index (χ0n) is 10.6. The number of amides is 2. The number of carbonyl (C=O) groups is 2. The van der Waals surface area contributed by atoms with Crippen molar-refractivity contribution in [2.45, 2.75) is 44.1 Å². The summed E-state index contributed by atoms with van der Waals surface area (Å²) in [6.07, 6.45) is 3.53. The quantitative estimate of drug-likeness (QED) is 0.772. The maximum Gasteiger partial charge on any atom is 0.317 e. The van der Waals surface area contributed by atoms with E-state index in [-0.39, 0.29) is 18.9 Å². The Balaban J connectivity index is 2.58. The van der Waals surface area contributed by atoms with Gasteiger partial charge in [0.15, 0.2) is 0 Å². The number of nitriles is 1. The number of nitrogens with zero attached hydrogens (tertiary/aromatic N) is 2. The lowest BCUT2D eigenvalue weighted by molar-refractivity contribution is -0.138. The Bertz CT molecular complexity index is 356. The number of carboxylic acid groups (broad SMARTS) is 1. The van der Waals surface area contributed by atoms with Gasteiger partial charge in [0.05, 0.1) is 24.4 Å². The fourth-order valence-electron chi connectivity index (χ4n) is 2.33. The molecule has 100 valence electrons. The maximum atomic E-state index is 11.9. The van der Waals surface area contributed by atoms with E-state index in [4.69, 9.17) is 10.4 Å². The van der Waals surface area contributed by atoms with Gasteiger partial charge in [0.1, 0.15) is 0 Å². The molecule has 0 heterocycles. The SMILES string of the molecule is CN(CCC#N)C(=O)NC1(CC(=O)O)CCCC1. The van der Waals surface area contributed by atoms with E-state index < -0.39 is 11.5 Å². The van der Waals surface area contributed by atoms with Crippen LogP contribution in [0.25, 0.3) is 0 Å². The van der Waals surface area contributed by atoms with Crippen LogP contribution < -0.4 is 5.32 Å². The molecule has 0 spiro atoms. The minimum absolute atomic E-state index is 0.0369. The second kappa shape index (κ2) is 6.24. The van der Waals surface area contributed by atoms with Crippen molar-refractivity contribution < 1.29 is 14.7 Å². The average Bonchev–Trinajstić information content (AvgIpc) is 2.72. The minimum Gasteiger partial charge on any atom is -0.481 e.